The first-order valence-corrected chi connectivity index (χ1v) is 8.91. The van der Waals surface area contributed by atoms with Crippen molar-refractivity contribution in [3.05, 3.63) is 0 Å². The third-order valence-corrected chi connectivity index (χ3v) is 6.47. The lowest BCUT2D eigenvalue weighted by molar-refractivity contribution is 0.158. The number of nitrogens with zero attached hydrogens (tertiary/aromatic N) is 3. The molecule has 0 aliphatic carbocycles. The molecule has 7 heteroatoms. The standard InChI is InChI=1S/C13H27N3O3S/c1-12-9-14(2)6-4-8-16(12)20(18,19)15-7-3-5-13(10-15)11-17/h12-13,17H,3-11H2,1-2H3. The van der Waals surface area contributed by atoms with Crippen LogP contribution in [-0.2, 0) is 10.2 Å². The van der Waals surface area contributed by atoms with Gasteiger partial charge in [0.05, 0.1) is 0 Å². The molecular formula is C13H27N3O3S. The summed E-state index contributed by atoms with van der Waals surface area (Å²) in [6.45, 7) is 5.40. The summed E-state index contributed by atoms with van der Waals surface area (Å²) in [5, 5.41) is 9.27. The van der Waals surface area contributed by atoms with Crippen molar-refractivity contribution in [3.63, 3.8) is 0 Å². The van der Waals surface area contributed by atoms with Crippen molar-refractivity contribution < 1.29 is 13.5 Å². The molecule has 2 saturated heterocycles. The van der Waals surface area contributed by atoms with Crippen LogP contribution in [0.1, 0.15) is 26.2 Å². The van der Waals surface area contributed by atoms with E-state index in [0.717, 1.165) is 32.4 Å². The first-order valence-electron chi connectivity index (χ1n) is 7.51. The largest absolute Gasteiger partial charge is 0.396 e. The molecule has 0 spiro atoms. The van der Waals surface area contributed by atoms with E-state index in [1.165, 1.54) is 0 Å². The van der Waals surface area contributed by atoms with Gasteiger partial charge in [0.25, 0.3) is 10.2 Å². The minimum atomic E-state index is -3.40. The molecule has 2 heterocycles. The van der Waals surface area contributed by atoms with Gasteiger partial charge < -0.3 is 10.0 Å². The second-order valence-corrected chi connectivity index (χ2v) is 8.01. The van der Waals surface area contributed by atoms with E-state index < -0.39 is 10.2 Å². The van der Waals surface area contributed by atoms with Crippen molar-refractivity contribution in [1.29, 1.82) is 0 Å². The molecular weight excluding hydrogens is 278 g/mol. The Labute approximate surface area is 122 Å². The number of hydrogen-bond donors (Lipinski definition) is 1. The van der Waals surface area contributed by atoms with Gasteiger partial charge in [-0.1, -0.05) is 0 Å². The zero-order valence-corrected chi connectivity index (χ0v) is 13.3. The quantitative estimate of drug-likeness (QED) is 0.795. The van der Waals surface area contributed by atoms with Gasteiger partial charge in [-0.05, 0) is 45.7 Å². The molecule has 0 radical (unpaired) electrons. The van der Waals surface area contributed by atoms with Crippen molar-refractivity contribution in [3.8, 4) is 0 Å². The van der Waals surface area contributed by atoms with Crippen LogP contribution in [0.15, 0.2) is 0 Å². The lowest BCUT2D eigenvalue weighted by Gasteiger charge is -2.36. The van der Waals surface area contributed by atoms with Gasteiger partial charge in [-0.2, -0.15) is 17.0 Å². The summed E-state index contributed by atoms with van der Waals surface area (Å²) in [6.07, 6.45) is 2.63. The zero-order valence-electron chi connectivity index (χ0n) is 12.5. The maximum Gasteiger partial charge on any atom is 0.282 e. The first kappa shape index (κ1) is 16.2. The Morgan fingerprint density at radius 1 is 1.15 bits per heavy atom. The van der Waals surface area contributed by atoms with Gasteiger partial charge in [-0.15, -0.1) is 0 Å². The molecule has 0 aromatic rings. The topological polar surface area (TPSA) is 64.1 Å². The minimum Gasteiger partial charge on any atom is -0.396 e. The lowest BCUT2D eigenvalue weighted by atomic mass is 10.0. The summed E-state index contributed by atoms with van der Waals surface area (Å²) >= 11 is 0. The van der Waals surface area contributed by atoms with Crippen LogP contribution >= 0.6 is 0 Å². The third kappa shape index (κ3) is 3.51. The van der Waals surface area contributed by atoms with E-state index in [9.17, 15) is 13.5 Å². The molecule has 2 unspecified atom stereocenters. The Morgan fingerprint density at radius 2 is 1.90 bits per heavy atom. The lowest BCUT2D eigenvalue weighted by Crippen LogP contribution is -2.52. The van der Waals surface area contributed by atoms with E-state index >= 15 is 0 Å². The van der Waals surface area contributed by atoms with E-state index in [2.05, 4.69) is 4.90 Å². The molecule has 2 fully saturated rings. The highest BCUT2D eigenvalue weighted by Gasteiger charge is 2.36. The van der Waals surface area contributed by atoms with Crippen molar-refractivity contribution in [2.75, 3.05) is 46.4 Å². The second-order valence-electron chi connectivity index (χ2n) is 6.13. The summed E-state index contributed by atoms with van der Waals surface area (Å²) in [5.41, 5.74) is 0. The van der Waals surface area contributed by atoms with E-state index in [-0.39, 0.29) is 18.6 Å². The molecule has 2 aliphatic heterocycles. The average Bonchev–Trinajstić information content (AvgIpc) is 2.59. The average molecular weight is 305 g/mol. The Morgan fingerprint density at radius 3 is 2.60 bits per heavy atom. The molecule has 0 bridgehead atoms. The van der Waals surface area contributed by atoms with E-state index in [4.69, 9.17) is 0 Å². The first-order chi connectivity index (χ1) is 9.45. The predicted octanol–water partition coefficient (Wildman–Crippen LogP) is -0.0385. The number of aliphatic hydroxyl groups excluding tert-OH is 1. The van der Waals surface area contributed by atoms with Gasteiger partial charge in [0, 0.05) is 38.8 Å². The van der Waals surface area contributed by atoms with Crippen LogP contribution in [0.3, 0.4) is 0 Å². The van der Waals surface area contributed by atoms with E-state index in [1.807, 2.05) is 14.0 Å². The van der Waals surface area contributed by atoms with Gasteiger partial charge in [0.2, 0.25) is 0 Å². The van der Waals surface area contributed by atoms with Crippen LogP contribution in [0.2, 0.25) is 0 Å². The summed E-state index contributed by atoms with van der Waals surface area (Å²) in [4.78, 5) is 2.19. The highest BCUT2D eigenvalue weighted by molar-refractivity contribution is 7.86. The fraction of sp³-hybridized carbons (Fsp3) is 1.00. The Balaban J connectivity index is 2.12. The number of piperidine rings is 1. The van der Waals surface area contributed by atoms with Crippen LogP contribution in [0.25, 0.3) is 0 Å². The summed E-state index contributed by atoms with van der Waals surface area (Å²) in [7, 11) is -1.36. The van der Waals surface area contributed by atoms with Gasteiger partial charge in [0.15, 0.2) is 0 Å². The second kappa shape index (κ2) is 6.70. The fourth-order valence-electron chi connectivity index (χ4n) is 3.23. The van der Waals surface area contributed by atoms with E-state index in [0.29, 0.717) is 19.6 Å². The number of likely N-dealkylation sites (N-methyl/N-ethyl adjacent to an activating group) is 1. The van der Waals surface area contributed by atoms with Crippen LogP contribution < -0.4 is 0 Å². The molecule has 118 valence electrons. The molecule has 0 aromatic heterocycles. The SMILES string of the molecule is CC1CN(C)CCCN1S(=O)(=O)N1CCCC(CO)C1. The van der Waals surface area contributed by atoms with Crippen LogP contribution in [0.4, 0.5) is 0 Å². The molecule has 2 atom stereocenters. The Hall–Kier alpha value is -0.210. The van der Waals surface area contributed by atoms with E-state index in [1.54, 1.807) is 8.61 Å². The molecule has 2 rings (SSSR count). The fourth-order valence-corrected chi connectivity index (χ4v) is 5.16. The molecule has 0 aromatic carbocycles. The van der Waals surface area contributed by atoms with Crippen molar-refractivity contribution in [1.82, 2.24) is 13.5 Å². The van der Waals surface area contributed by atoms with Crippen LogP contribution in [0.5, 0.6) is 0 Å². The maximum atomic E-state index is 12.8. The number of hydrogen-bond acceptors (Lipinski definition) is 4. The third-order valence-electron chi connectivity index (χ3n) is 4.35. The zero-order chi connectivity index (χ0) is 14.8. The van der Waals surface area contributed by atoms with Gasteiger partial charge >= 0.3 is 0 Å². The van der Waals surface area contributed by atoms with Gasteiger partial charge in [-0.25, -0.2) is 0 Å². The summed E-state index contributed by atoms with van der Waals surface area (Å²) in [5.74, 6) is 0.0866. The molecule has 0 amide bonds. The number of aliphatic hydroxyl groups is 1. The molecule has 2 aliphatic rings. The highest BCUT2D eigenvalue weighted by Crippen LogP contribution is 2.23. The van der Waals surface area contributed by atoms with Crippen LogP contribution in [-0.4, -0.2) is 79.5 Å². The van der Waals surface area contributed by atoms with Gasteiger partial charge in [0.1, 0.15) is 0 Å². The number of rotatable bonds is 3. The molecule has 0 saturated carbocycles. The molecule has 6 nitrogen and oxygen atoms in total. The minimum absolute atomic E-state index is 0.00185. The summed E-state index contributed by atoms with van der Waals surface area (Å²) < 4.78 is 28.9. The normalized spacial score (nSPS) is 32.1. The monoisotopic (exact) mass is 305 g/mol. The van der Waals surface area contributed by atoms with Crippen molar-refractivity contribution in [2.24, 2.45) is 5.92 Å². The van der Waals surface area contributed by atoms with Crippen molar-refractivity contribution >= 4 is 10.2 Å². The van der Waals surface area contributed by atoms with Crippen molar-refractivity contribution in [2.45, 2.75) is 32.2 Å². The smallest absolute Gasteiger partial charge is 0.282 e. The predicted molar refractivity (Wildman–Crippen MR) is 78.6 cm³/mol. The molecule has 1 N–H and O–H groups in total. The molecule has 20 heavy (non-hydrogen) atoms. The highest BCUT2D eigenvalue weighted by atomic mass is 32.2. The maximum absolute atomic E-state index is 12.8. The van der Waals surface area contributed by atoms with Gasteiger partial charge in [-0.3, -0.25) is 0 Å². The Kier molecular flexibility index (Phi) is 5.42. The summed E-state index contributed by atoms with van der Waals surface area (Å²) in [6, 6.07) is 0.00185. The van der Waals surface area contributed by atoms with Crippen LogP contribution in [0, 0.1) is 5.92 Å². The Bertz CT molecular complexity index is 415.